The zero-order valence-corrected chi connectivity index (χ0v) is 29.5. The van der Waals surface area contributed by atoms with Crippen molar-refractivity contribution in [3.63, 3.8) is 0 Å². The number of urea groups is 1. The normalized spacial score (nSPS) is 32.6. The number of hydrogen-bond acceptors (Lipinski definition) is 6. The highest BCUT2D eigenvalue weighted by molar-refractivity contribution is 5.75. The Morgan fingerprint density at radius 2 is 1.36 bits per heavy atom. The fraction of sp³-hybridized carbons (Fsp3) is 0.548. The monoisotopic (exact) mass is 678 g/mol. The summed E-state index contributed by atoms with van der Waals surface area (Å²) in [4.78, 5) is 18.2. The van der Waals surface area contributed by atoms with E-state index in [9.17, 15) is 9.90 Å². The second-order valence-electron chi connectivity index (χ2n) is 16.1. The molecular weight excluding hydrogens is 624 g/mol. The first-order valence-electron chi connectivity index (χ1n) is 19.0. The summed E-state index contributed by atoms with van der Waals surface area (Å²) in [5.41, 5.74) is 5.41. The second-order valence-corrected chi connectivity index (χ2v) is 16.1. The third-order valence-corrected chi connectivity index (χ3v) is 12.4. The zero-order chi connectivity index (χ0) is 34.1. The van der Waals surface area contributed by atoms with E-state index in [-0.39, 0.29) is 36.3 Å². The van der Waals surface area contributed by atoms with Crippen molar-refractivity contribution in [2.45, 2.75) is 89.2 Å². The second kappa shape index (κ2) is 14.8. The molecule has 0 radical (unpaired) electrons. The molecule has 50 heavy (non-hydrogen) atoms. The van der Waals surface area contributed by atoms with Crippen molar-refractivity contribution in [1.29, 1.82) is 0 Å². The molecule has 2 amide bonds. The van der Waals surface area contributed by atoms with E-state index in [1.807, 2.05) is 12.1 Å². The lowest BCUT2D eigenvalue weighted by Crippen LogP contribution is -2.61. The van der Waals surface area contributed by atoms with E-state index < -0.39 is 6.29 Å². The average Bonchev–Trinajstić information content (AvgIpc) is 3.12. The smallest absolute Gasteiger partial charge is 0.315 e. The minimum Gasteiger partial charge on any atom is -0.392 e. The van der Waals surface area contributed by atoms with Crippen LogP contribution in [-0.4, -0.2) is 65.3 Å². The van der Waals surface area contributed by atoms with Gasteiger partial charge in [0.2, 0.25) is 0 Å². The summed E-state index contributed by atoms with van der Waals surface area (Å²) in [5.74, 6) is 2.55. The van der Waals surface area contributed by atoms with E-state index in [0.717, 1.165) is 98.5 Å². The van der Waals surface area contributed by atoms with Gasteiger partial charge in [-0.25, -0.2) is 4.79 Å². The predicted octanol–water partition coefficient (Wildman–Crippen LogP) is 6.56. The molecule has 0 aromatic heterocycles. The Hall–Kier alpha value is -3.27. The van der Waals surface area contributed by atoms with E-state index in [1.165, 1.54) is 24.8 Å². The molecule has 3 aromatic carbocycles. The number of aliphatic hydroxyl groups excluding tert-OH is 1. The predicted molar refractivity (Wildman–Crippen MR) is 194 cm³/mol. The van der Waals surface area contributed by atoms with Crippen LogP contribution in [0.4, 0.5) is 4.79 Å². The summed E-state index contributed by atoms with van der Waals surface area (Å²) in [5, 5.41) is 16.2. The lowest BCUT2D eigenvalue weighted by atomic mass is 9.53. The number of benzene rings is 3. The van der Waals surface area contributed by atoms with Gasteiger partial charge in [-0.3, -0.25) is 9.80 Å². The Labute approximate surface area is 297 Å². The molecule has 4 aliphatic carbocycles. The molecule has 4 saturated carbocycles. The Balaban J connectivity index is 0.900. The van der Waals surface area contributed by atoms with Gasteiger partial charge in [0.25, 0.3) is 0 Å². The molecule has 4 bridgehead atoms. The SMILES string of the molecule is C[C@H]1[C@@H](CN2CCN(Cc3ccccc3)CC2)O[C@@H](c2ccc(CNC(=O)NC34CC5CC(CC(C5)C3)C4)cc2)O[C@H]1c1ccc(CO)cc1. The molecule has 3 N–H and O–H groups in total. The third kappa shape index (κ3) is 7.65. The summed E-state index contributed by atoms with van der Waals surface area (Å²) in [6.45, 7) is 8.70. The van der Waals surface area contributed by atoms with E-state index in [2.05, 4.69) is 94.1 Å². The number of rotatable bonds is 10. The average molecular weight is 679 g/mol. The van der Waals surface area contributed by atoms with Gasteiger partial charge in [0.15, 0.2) is 6.29 Å². The van der Waals surface area contributed by atoms with Gasteiger partial charge in [-0.15, -0.1) is 0 Å². The fourth-order valence-electron chi connectivity index (χ4n) is 10.1. The first-order valence-corrected chi connectivity index (χ1v) is 19.0. The van der Waals surface area contributed by atoms with Crippen LogP contribution in [0, 0.1) is 23.7 Å². The molecule has 8 nitrogen and oxygen atoms in total. The molecule has 9 rings (SSSR count). The summed E-state index contributed by atoms with van der Waals surface area (Å²) in [6.07, 6.45) is 6.91. The molecule has 0 unspecified atom stereocenters. The van der Waals surface area contributed by atoms with Gasteiger partial charge < -0.3 is 25.2 Å². The maximum Gasteiger partial charge on any atom is 0.315 e. The van der Waals surface area contributed by atoms with Crippen LogP contribution in [0.1, 0.15) is 85.7 Å². The standard InChI is InChI=1S/C42H54N4O4/c1-29-38(27-46-17-15-45(16-18-46)26-31-5-3-2-4-6-31)49-40(50-39(29)36-11-9-32(28-47)10-12-36)37-13-7-30(8-14-37)25-43-41(48)44-42-22-33-19-34(23-42)21-35(20-33)24-42/h2-14,29,33-35,38-40,47H,15-28H2,1H3,(H2,43,44,48)/t29-,33?,34?,35?,38+,39+,40+,42?/m0/s1. The number of amides is 2. The van der Waals surface area contributed by atoms with Crippen LogP contribution < -0.4 is 10.6 Å². The Morgan fingerprint density at radius 3 is 2.00 bits per heavy atom. The van der Waals surface area contributed by atoms with Gasteiger partial charge in [0, 0.05) is 62.8 Å². The number of aliphatic hydroxyl groups is 1. The van der Waals surface area contributed by atoms with Crippen LogP contribution in [0.3, 0.4) is 0 Å². The van der Waals surface area contributed by atoms with Gasteiger partial charge in [-0.2, -0.15) is 0 Å². The van der Waals surface area contributed by atoms with Crippen molar-refractivity contribution in [2.75, 3.05) is 32.7 Å². The highest BCUT2D eigenvalue weighted by atomic mass is 16.7. The highest BCUT2D eigenvalue weighted by Gasteiger charge is 2.51. The molecule has 6 fully saturated rings. The Kier molecular flexibility index (Phi) is 9.99. The number of ether oxygens (including phenoxy) is 2. The van der Waals surface area contributed by atoms with Crippen molar-refractivity contribution < 1.29 is 19.4 Å². The van der Waals surface area contributed by atoms with Crippen LogP contribution in [0.15, 0.2) is 78.9 Å². The van der Waals surface area contributed by atoms with Crippen molar-refractivity contribution >= 4 is 6.03 Å². The fourth-order valence-corrected chi connectivity index (χ4v) is 10.1. The van der Waals surface area contributed by atoms with Crippen LogP contribution in [0.2, 0.25) is 0 Å². The van der Waals surface area contributed by atoms with Crippen LogP contribution >= 0.6 is 0 Å². The summed E-state index contributed by atoms with van der Waals surface area (Å²) in [6, 6.07) is 27.1. The topological polar surface area (TPSA) is 86.3 Å². The van der Waals surface area contributed by atoms with E-state index in [1.54, 1.807) is 0 Å². The van der Waals surface area contributed by atoms with E-state index in [4.69, 9.17) is 9.47 Å². The maximum absolute atomic E-state index is 13.1. The molecule has 2 saturated heterocycles. The largest absolute Gasteiger partial charge is 0.392 e. The zero-order valence-electron chi connectivity index (χ0n) is 29.5. The molecule has 8 heteroatoms. The first-order chi connectivity index (χ1) is 24.4. The first kappa shape index (κ1) is 33.9. The van der Waals surface area contributed by atoms with Crippen LogP contribution in [0.5, 0.6) is 0 Å². The Morgan fingerprint density at radius 1 is 0.760 bits per heavy atom. The number of carbonyl (C=O) groups is 1. The Bertz CT molecular complexity index is 1540. The number of carbonyl (C=O) groups excluding carboxylic acids is 1. The number of nitrogens with zero attached hydrogens (tertiary/aromatic N) is 2. The third-order valence-electron chi connectivity index (χ3n) is 12.4. The molecule has 3 aromatic rings. The lowest BCUT2D eigenvalue weighted by Gasteiger charge is -2.56. The molecule has 2 heterocycles. The van der Waals surface area contributed by atoms with Crippen molar-refractivity contribution in [2.24, 2.45) is 23.7 Å². The van der Waals surface area contributed by atoms with Gasteiger partial charge in [-0.1, -0.05) is 85.8 Å². The van der Waals surface area contributed by atoms with Crippen molar-refractivity contribution in [1.82, 2.24) is 20.4 Å². The number of hydrogen-bond donors (Lipinski definition) is 3. The molecule has 4 atom stereocenters. The molecule has 2 aliphatic heterocycles. The lowest BCUT2D eigenvalue weighted by molar-refractivity contribution is -0.276. The van der Waals surface area contributed by atoms with E-state index in [0.29, 0.717) is 6.54 Å². The molecule has 266 valence electrons. The summed E-state index contributed by atoms with van der Waals surface area (Å²) in [7, 11) is 0. The molecule has 6 aliphatic rings. The van der Waals surface area contributed by atoms with Crippen LogP contribution in [-0.2, 0) is 29.2 Å². The van der Waals surface area contributed by atoms with Gasteiger partial charge in [-0.05, 0) is 78.5 Å². The van der Waals surface area contributed by atoms with Crippen molar-refractivity contribution in [3.8, 4) is 0 Å². The van der Waals surface area contributed by atoms with Crippen molar-refractivity contribution in [3.05, 3.63) is 107 Å². The minimum atomic E-state index is -0.500. The minimum absolute atomic E-state index is 0.00781. The van der Waals surface area contributed by atoms with Gasteiger partial charge >= 0.3 is 6.03 Å². The summed E-state index contributed by atoms with van der Waals surface area (Å²) >= 11 is 0. The van der Waals surface area contributed by atoms with E-state index >= 15 is 0 Å². The maximum atomic E-state index is 13.1. The molecule has 0 spiro atoms. The van der Waals surface area contributed by atoms with Crippen LogP contribution in [0.25, 0.3) is 0 Å². The quantitative estimate of drug-likeness (QED) is 0.226. The van der Waals surface area contributed by atoms with Gasteiger partial charge in [0.05, 0.1) is 18.8 Å². The van der Waals surface area contributed by atoms with Gasteiger partial charge in [0.1, 0.15) is 0 Å². The number of nitrogens with one attached hydrogen (secondary N) is 2. The summed E-state index contributed by atoms with van der Waals surface area (Å²) < 4.78 is 13.5. The highest BCUT2D eigenvalue weighted by Crippen LogP contribution is 2.55. The molecular formula is C42H54N4O4. The number of piperazine rings is 1.